The van der Waals surface area contributed by atoms with Crippen LogP contribution in [0.5, 0.6) is 0 Å². The second kappa shape index (κ2) is 5.14. The topological polar surface area (TPSA) is 48.4 Å². The molecule has 0 saturated carbocycles. The molecular formula is C12H14BrNO3. The molecule has 0 spiro atoms. The monoisotopic (exact) mass is 299 g/mol. The molecule has 17 heavy (non-hydrogen) atoms. The van der Waals surface area contributed by atoms with Crippen LogP contribution in [0.4, 0.5) is 0 Å². The molecule has 0 aromatic carbocycles. The van der Waals surface area contributed by atoms with E-state index < -0.39 is 5.41 Å². The number of rotatable bonds is 2. The Balaban J connectivity index is 2.42. The van der Waals surface area contributed by atoms with E-state index in [1.165, 1.54) is 7.11 Å². The first-order chi connectivity index (χ1) is 8.19. The van der Waals surface area contributed by atoms with Crippen LogP contribution in [0, 0.1) is 0 Å². The van der Waals surface area contributed by atoms with E-state index in [0.29, 0.717) is 26.1 Å². The van der Waals surface area contributed by atoms with E-state index in [-0.39, 0.29) is 5.97 Å². The molecule has 1 aliphatic rings. The number of halogens is 1. The number of hydrogen-bond donors (Lipinski definition) is 0. The van der Waals surface area contributed by atoms with E-state index in [1.807, 2.05) is 6.07 Å². The molecule has 1 fully saturated rings. The molecule has 0 unspecified atom stereocenters. The normalized spacial score (nSPS) is 18.7. The van der Waals surface area contributed by atoms with Gasteiger partial charge in [0.15, 0.2) is 0 Å². The molecule has 1 aromatic rings. The molecule has 4 nitrogen and oxygen atoms in total. The SMILES string of the molecule is COC(=O)C1(c2cncc(Br)c2)CCOCC1. The van der Waals surface area contributed by atoms with Crippen LogP contribution in [0.1, 0.15) is 18.4 Å². The van der Waals surface area contributed by atoms with Gasteiger partial charge in [-0.3, -0.25) is 9.78 Å². The molecule has 0 radical (unpaired) electrons. The second-order valence-electron chi connectivity index (χ2n) is 4.08. The van der Waals surface area contributed by atoms with E-state index in [0.717, 1.165) is 10.0 Å². The van der Waals surface area contributed by atoms with Gasteiger partial charge in [0, 0.05) is 30.1 Å². The first-order valence-electron chi connectivity index (χ1n) is 5.46. The highest BCUT2D eigenvalue weighted by Gasteiger charge is 2.43. The van der Waals surface area contributed by atoms with Gasteiger partial charge in [-0.15, -0.1) is 0 Å². The molecule has 1 aliphatic heterocycles. The number of esters is 1. The van der Waals surface area contributed by atoms with Crippen LogP contribution >= 0.6 is 15.9 Å². The molecule has 2 rings (SSSR count). The quantitative estimate of drug-likeness (QED) is 0.785. The first kappa shape index (κ1) is 12.5. The summed E-state index contributed by atoms with van der Waals surface area (Å²) in [5, 5.41) is 0. The van der Waals surface area contributed by atoms with Gasteiger partial charge in [0.1, 0.15) is 0 Å². The molecule has 1 aromatic heterocycles. The average Bonchev–Trinajstić information content (AvgIpc) is 2.38. The summed E-state index contributed by atoms with van der Waals surface area (Å²) in [7, 11) is 1.42. The molecule has 2 heterocycles. The zero-order valence-corrected chi connectivity index (χ0v) is 11.2. The first-order valence-corrected chi connectivity index (χ1v) is 6.25. The zero-order chi connectivity index (χ0) is 12.3. The van der Waals surface area contributed by atoms with Crippen molar-refractivity contribution in [3.8, 4) is 0 Å². The maximum Gasteiger partial charge on any atom is 0.316 e. The summed E-state index contributed by atoms with van der Waals surface area (Å²) < 4.78 is 11.1. The number of aromatic nitrogens is 1. The number of pyridine rings is 1. The molecule has 0 amide bonds. The van der Waals surface area contributed by atoms with Gasteiger partial charge in [-0.2, -0.15) is 0 Å². The number of nitrogens with zero attached hydrogens (tertiary/aromatic N) is 1. The number of hydrogen-bond acceptors (Lipinski definition) is 4. The number of carbonyl (C=O) groups is 1. The van der Waals surface area contributed by atoms with Crippen LogP contribution < -0.4 is 0 Å². The van der Waals surface area contributed by atoms with Gasteiger partial charge in [0.25, 0.3) is 0 Å². The van der Waals surface area contributed by atoms with Crippen molar-refractivity contribution in [2.24, 2.45) is 0 Å². The van der Waals surface area contributed by atoms with Crippen molar-refractivity contribution in [1.29, 1.82) is 0 Å². The van der Waals surface area contributed by atoms with Crippen molar-refractivity contribution in [3.63, 3.8) is 0 Å². The summed E-state index contributed by atoms with van der Waals surface area (Å²) in [5.74, 6) is -0.208. The molecule has 0 atom stereocenters. The largest absolute Gasteiger partial charge is 0.468 e. The van der Waals surface area contributed by atoms with Crippen LogP contribution in [0.15, 0.2) is 22.9 Å². The average molecular weight is 300 g/mol. The third-order valence-corrected chi connectivity index (χ3v) is 3.61. The lowest BCUT2D eigenvalue weighted by atomic mass is 9.75. The molecule has 0 aliphatic carbocycles. The Morgan fingerprint density at radius 1 is 1.47 bits per heavy atom. The standard InChI is InChI=1S/C12H14BrNO3/c1-16-11(15)12(2-4-17-5-3-12)9-6-10(13)8-14-7-9/h6-8H,2-5H2,1H3. The second-order valence-corrected chi connectivity index (χ2v) is 4.99. The zero-order valence-electron chi connectivity index (χ0n) is 9.61. The highest BCUT2D eigenvalue weighted by molar-refractivity contribution is 9.10. The summed E-state index contributed by atoms with van der Waals surface area (Å²) in [6.45, 7) is 1.14. The minimum absolute atomic E-state index is 0.208. The van der Waals surface area contributed by atoms with Gasteiger partial charge < -0.3 is 9.47 Å². The minimum Gasteiger partial charge on any atom is -0.468 e. The fourth-order valence-electron chi connectivity index (χ4n) is 2.20. The smallest absolute Gasteiger partial charge is 0.316 e. The van der Waals surface area contributed by atoms with Gasteiger partial charge in [-0.1, -0.05) is 0 Å². The van der Waals surface area contributed by atoms with Crippen LogP contribution in [0.25, 0.3) is 0 Å². The molecule has 92 valence electrons. The fraction of sp³-hybridized carbons (Fsp3) is 0.500. The van der Waals surface area contributed by atoms with Crippen molar-refractivity contribution in [2.45, 2.75) is 18.3 Å². The van der Waals surface area contributed by atoms with E-state index in [9.17, 15) is 4.79 Å². The summed E-state index contributed by atoms with van der Waals surface area (Å²) in [6.07, 6.45) is 4.70. The van der Waals surface area contributed by atoms with E-state index in [2.05, 4.69) is 20.9 Å². The Bertz CT molecular complexity index is 416. The maximum absolute atomic E-state index is 12.1. The van der Waals surface area contributed by atoms with Gasteiger partial charge >= 0.3 is 5.97 Å². The molecule has 1 saturated heterocycles. The third-order valence-electron chi connectivity index (χ3n) is 3.18. The van der Waals surface area contributed by atoms with Crippen molar-refractivity contribution >= 4 is 21.9 Å². The predicted molar refractivity (Wildman–Crippen MR) is 65.7 cm³/mol. The highest BCUT2D eigenvalue weighted by atomic mass is 79.9. The number of methoxy groups -OCH3 is 1. The third kappa shape index (κ3) is 2.35. The Morgan fingerprint density at radius 2 is 2.18 bits per heavy atom. The Morgan fingerprint density at radius 3 is 2.76 bits per heavy atom. The summed E-state index contributed by atoms with van der Waals surface area (Å²) in [5.41, 5.74) is 0.283. The highest BCUT2D eigenvalue weighted by Crippen LogP contribution is 2.36. The molecule has 0 bridgehead atoms. The van der Waals surface area contributed by atoms with Gasteiger partial charge in [0.2, 0.25) is 0 Å². The van der Waals surface area contributed by atoms with Crippen LogP contribution in [-0.2, 0) is 19.7 Å². The van der Waals surface area contributed by atoms with Crippen LogP contribution in [0.2, 0.25) is 0 Å². The van der Waals surface area contributed by atoms with Crippen molar-refractivity contribution in [2.75, 3.05) is 20.3 Å². The summed E-state index contributed by atoms with van der Waals surface area (Å²) in [4.78, 5) is 16.2. The van der Waals surface area contributed by atoms with Gasteiger partial charge in [-0.05, 0) is 40.4 Å². The molecule has 0 N–H and O–H groups in total. The maximum atomic E-state index is 12.1. The Kier molecular flexibility index (Phi) is 3.79. The Hall–Kier alpha value is -0.940. The van der Waals surface area contributed by atoms with E-state index in [1.54, 1.807) is 12.4 Å². The lowest BCUT2D eigenvalue weighted by Gasteiger charge is -2.34. The lowest BCUT2D eigenvalue weighted by molar-refractivity contribution is -0.151. The lowest BCUT2D eigenvalue weighted by Crippen LogP contribution is -2.42. The van der Waals surface area contributed by atoms with Crippen molar-refractivity contribution < 1.29 is 14.3 Å². The molecular weight excluding hydrogens is 286 g/mol. The number of carbonyl (C=O) groups excluding carboxylic acids is 1. The van der Waals surface area contributed by atoms with E-state index >= 15 is 0 Å². The minimum atomic E-state index is -0.607. The van der Waals surface area contributed by atoms with Crippen molar-refractivity contribution in [1.82, 2.24) is 4.98 Å². The van der Waals surface area contributed by atoms with Gasteiger partial charge in [0.05, 0.1) is 12.5 Å². The fourth-order valence-corrected chi connectivity index (χ4v) is 2.56. The number of ether oxygens (including phenoxy) is 2. The summed E-state index contributed by atoms with van der Waals surface area (Å²) in [6, 6.07) is 1.93. The van der Waals surface area contributed by atoms with Crippen LogP contribution in [0.3, 0.4) is 0 Å². The Labute approximate surface area is 108 Å². The predicted octanol–water partition coefficient (Wildman–Crippen LogP) is 2.07. The summed E-state index contributed by atoms with van der Waals surface area (Å²) >= 11 is 3.38. The molecule has 5 heteroatoms. The van der Waals surface area contributed by atoms with Crippen LogP contribution in [-0.4, -0.2) is 31.3 Å². The van der Waals surface area contributed by atoms with Crippen molar-refractivity contribution in [3.05, 3.63) is 28.5 Å². The van der Waals surface area contributed by atoms with E-state index in [4.69, 9.17) is 9.47 Å². The van der Waals surface area contributed by atoms with Gasteiger partial charge in [-0.25, -0.2) is 0 Å².